The quantitative estimate of drug-likeness (QED) is 0.516. The monoisotopic (exact) mass is 445 g/mol. The van der Waals surface area contributed by atoms with Gasteiger partial charge in [0, 0.05) is 25.4 Å². The number of rotatable bonds is 6. The molecule has 2 amide bonds. The maximum atomic E-state index is 12.2. The minimum absolute atomic E-state index is 0.0775. The Bertz CT molecular complexity index is 743. The van der Waals surface area contributed by atoms with E-state index in [-0.39, 0.29) is 17.7 Å². The summed E-state index contributed by atoms with van der Waals surface area (Å²) in [5.41, 5.74) is -0.163. The molecule has 10 heteroatoms. The first-order valence-electron chi connectivity index (χ1n) is 8.68. The van der Waals surface area contributed by atoms with Gasteiger partial charge in [-0.2, -0.15) is 0 Å². The van der Waals surface area contributed by atoms with E-state index >= 15 is 0 Å². The van der Waals surface area contributed by atoms with E-state index in [1.54, 1.807) is 13.2 Å². The van der Waals surface area contributed by atoms with E-state index in [0.29, 0.717) is 35.9 Å². The number of aryl methyl sites for hydroxylation is 1. The minimum atomic E-state index is -1.37. The number of aromatic nitrogens is 1. The number of pyridine rings is 1. The van der Waals surface area contributed by atoms with Crippen LogP contribution in [0.15, 0.2) is 21.5 Å². The Kier molecular flexibility index (Phi) is 7.25. The third-order valence-corrected chi connectivity index (χ3v) is 5.10. The second-order valence-corrected chi connectivity index (χ2v) is 7.56. The Morgan fingerprint density at radius 3 is 2.52 bits per heavy atom. The summed E-state index contributed by atoms with van der Waals surface area (Å²) in [5.74, 6) is -0.0588. The topological polar surface area (TPSA) is 130 Å². The summed E-state index contributed by atoms with van der Waals surface area (Å²) in [7, 11) is 1.66. The van der Waals surface area contributed by atoms with Crippen LogP contribution in [0, 0.1) is 0 Å². The number of nitrogens with zero attached hydrogens (tertiary/aromatic N) is 1. The maximum Gasteiger partial charge on any atom is 0.405 e. The predicted molar refractivity (Wildman–Crippen MR) is 101 cm³/mol. The summed E-state index contributed by atoms with van der Waals surface area (Å²) in [4.78, 5) is 34.7. The number of aliphatic hydroxyl groups excluding tert-OH is 1. The lowest BCUT2D eigenvalue weighted by Crippen LogP contribution is -2.54. The Labute approximate surface area is 164 Å². The third-order valence-electron chi connectivity index (χ3n) is 4.50. The summed E-state index contributed by atoms with van der Waals surface area (Å²) >= 11 is 3.38. The third kappa shape index (κ3) is 5.96. The lowest BCUT2D eigenvalue weighted by atomic mass is 9.92. The van der Waals surface area contributed by atoms with E-state index in [0.717, 1.165) is 0 Å². The smallest absolute Gasteiger partial charge is 0.405 e. The molecular weight excluding hydrogens is 422 g/mol. The van der Waals surface area contributed by atoms with Gasteiger partial charge in [-0.15, -0.1) is 0 Å². The average molecular weight is 446 g/mol. The van der Waals surface area contributed by atoms with Gasteiger partial charge in [0.1, 0.15) is 11.8 Å². The molecule has 0 aromatic carbocycles. The van der Waals surface area contributed by atoms with Crippen molar-refractivity contribution < 1.29 is 24.5 Å². The highest BCUT2D eigenvalue weighted by atomic mass is 79.9. The molecule has 0 spiro atoms. The van der Waals surface area contributed by atoms with Crippen LogP contribution in [0.1, 0.15) is 32.6 Å². The number of nitrogens with one attached hydrogen (secondary N) is 2. The van der Waals surface area contributed by atoms with E-state index in [2.05, 4.69) is 21.2 Å². The van der Waals surface area contributed by atoms with Crippen LogP contribution in [0.4, 0.5) is 4.79 Å². The summed E-state index contributed by atoms with van der Waals surface area (Å²) in [6, 6.07) is 0.0946. The summed E-state index contributed by atoms with van der Waals surface area (Å²) in [6.45, 7) is 1.35. The molecule has 0 saturated heterocycles. The molecule has 2 rings (SSSR count). The van der Waals surface area contributed by atoms with E-state index in [9.17, 15) is 19.5 Å². The van der Waals surface area contributed by atoms with Crippen LogP contribution < -0.4 is 20.9 Å². The van der Waals surface area contributed by atoms with Crippen LogP contribution in [0.5, 0.6) is 5.75 Å². The van der Waals surface area contributed by atoms with Crippen LogP contribution in [0.3, 0.4) is 0 Å². The molecule has 0 aliphatic heterocycles. The van der Waals surface area contributed by atoms with E-state index in [4.69, 9.17) is 9.84 Å². The molecule has 2 atom stereocenters. The molecule has 1 heterocycles. The van der Waals surface area contributed by atoms with Crippen molar-refractivity contribution in [2.45, 2.75) is 56.9 Å². The number of hydrogen-bond acceptors (Lipinski definition) is 5. The number of carbonyl (C=O) groups is 2. The fourth-order valence-corrected chi connectivity index (χ4v) is 3.52. The molecule has 2 unspecified atom stereocenters. The van der Waals surface area contributed by atoms with Gasteiger partial charge in [-0.05, 0) is 48.5 Å². The van der Waals surface area contributed by atoms with Gasteiger partial charge >= 0.3 is 6.09 Å². The van der Waals surface area contributed by atoms with Gasteiger partial charge in [0.25, 0.3) is 5.56 Å². The molecule has 1 saturated carbocycles. The van der Waals surface area contributed by atoms with E-state index in [1.165, 1.54) is 17.6 Å². The largest absolute Gasteiger partial charge is 0.489 e. The van der Waals surface area contributed by atoms with Crippen molar-refractivity contribution in [2.75, 3.05) is 0 Å². The molecule has 1 aromatic rings. The summed E-state index contributed by atoms with van der Waals surface area (Å²) in [6.07, 6.45) is 1.72. The average Bonchev–Trinajstić information content (AvgIpc) is 2.58. The Hall–Kier alpha value is -2.07. The van der Waals surface area contributed by atoms with Crippen LogP contribution in [-0.2, 0) is 11.8 Å². The molecule has 150 valence electrons. The molecule has 0 radical (unpaired) electrons. The second-order valence-electron chi connectivity index (χ2n) is 6.70. The second kappa shape index (κ2) is 9.23. The zero-order valence-corrected chi connectivity index (χ0v) is 16.7. The molecule has 9 nitrogen and oxygen atoms in total. The van der Waals surface area contributed by atoms with Crippen molar-refractivity contribution in [1.82, 2.24) is 15.2 Å². The lowest BCUT2D eigenvalue weighted by Gasteiger charge is -2.31. The number of amides is 2. The first-order valence-corrected chi connectivity index (χ1v) is 9.47. The Morgan fingerprint density at radius 1 is 1.33 bits per heavy atom. The van der Waals surface area contributed by atoms with Gasteiger partial charge in [-0.3, -0.25) is 9.59 Å². The fourth-order valence-electron chi connectivity index (χ4n) is 3.00. The van der Waals surface area contributed by atoms with Crippen molar-refractivity contribution in [1.29, 1.82) is 0 Å². The Balaban J connectivity index is 1.88. The van der Waals surface area contributed by atoms with Crippen molar-refractivity contribution in [3.8, 4) is 5.75 Å². The Morgan fingerprint density at radius 2 is 1.96 bits per heavy atom. The molecule has 1 aliphatic carbocycles. The fraction of sp³-hybridized carbons (Fsp3) is 0.588. The summed E-state index contributed by atoms with van der Waals surface area (Å²) < 4.78 is 8.06. The highest BCUT2D eigenvalue weighted by Gasteiger charge is 2.30. The number of aliphatic hydroxyl groups is 1. The van der Waals surface area contributed by atoms with Crippen LogP contribution >= 0.6 is 15.9 Å². The lowest BCUT2D eigenvalue weighted by molar-refractivity contribution is -0.126. The van der Waals surface area contributed by atoms with Crippen molar-refractivity contribution in [2.24, 2.45) is 7.05 Å². The zero-order valence-electron chi connectivity index (χ0n) is 15.1. The number of halogens is 1. The van der Waals surface area contributed by atoms with Crippen LogP contribution in [-0.4, -0.2) is 51.1 Å². The maximum absolute atomic E-state index is 12.2. The first-order chi connectivity index (χ1) is 12.7. The normalized spacial score (nSPS) is 21.8. The van der Waals surface area contributed by atoms with Gasteiger partial charge in [0.15, 0.2) is 0 Å². The van der Waals surface area contributed by atoms with Crippen molar-refractivity contribution in [3.05, 3.63) is 27.1 Å². The number of carbonyl (C=O) groups excluding carboxylic acids is 1. The van der Waals surface area contributed by atoms with Crippen molar-refractivity contribution in [3.63, 3.8) is 0 Å². The number of hydrogen-bond donors (Lipinski definition) is 4. The zero-order chi connectivity index (χ0) is 20.1. The number of carboxylic acid groups (broad SMARTS) is 1. The van der Waals surface area contributed by atoms with E-state index in [1.807, 2.05) is 5.32 Å². The van der Waals surface area contributed by atoms with Gasteiger partial charge < -0.3 is 30.2 Å². The molecule has 4 N–H and O–H groups in total. The molecule has 27 heavy (non-hydrogen) atoms. The molecule has 1 aliphatic rings. The molecular formula is C17H24BrN3O6. The van der Waals surface area contributed by atoms with Crippen molar-refractivity contribution >= 4 is 27.9 Å². The number of ether oxygens (including phenoxy) is 1. The van der Waals surface area contributed by atoms with Gasteiger partial charge in [-0.25, -0.2) is 4.79 Å². The van der Waals surface area contributed by atoms with Crippen LogP contribution in [0.25, 0.3) is 0 Å². The van der Waals surface area contributed by atoms with Crippen LogP contribution in [0.2, 0.25) is 0 Å². The standard InChI is InChI=1S/C17H24BrN3O6/c1-9(22)15(20-17(25)26)16(24)19-10-3-5-11(6-4-10)27-13-7-14(23)21(2)8-12(13)18/h7-11,15,20,22H,3-6H2,1-2H3,(H,19,24)(H,25,26). The first kappa shape index (κ1) is 21.2. The SMILES string of the molecule is CC(O)C(NC(=O)O)C(=O)NC1CCC(Oc2cc(=O)n(C)cc2Br)CC1. The highest BCUT2D eigenvalue weighted by Crippen LogP contribution is 2.28. The summed E-state index contributed by atoms with van der Waals surface area (Å²) in [5, 5.41) is 23.2. The van der Waals surface area contributed by atoms with E-state index < -0.39 is 24.1 Å². The van der Waals surface area contributed by atoms with Gasteiger partial charge in [0.2, 0.25) is 5.91 Å². The highest BCUT2D eigenvalue weighted by molar-refractivity contribution is 9.10. The molecule has 1 aromatic heterocycles. The van der Waals surface area contributed by atoms with Gasteiger partial charge in [-0.1, -0.05) is 0 Å². The minimum Gasteiger partial charge on any atom is -0.489 e. The molecule has 1 fully saturated rings. The predicted octanol–water partition coefficient (Wildman–Crippen LogP) is 0.971. The molecule has 0 bridgehead atoms. The van der Waals surface area contributed by atoms with Gasteiger partial charge in [0.05, 0.1) is 16.7 Å².